The number of rotatable bonds is 6. The van der Waals surface area contributed by atoms with Gasteiger partial charge in [0, 0.05) is 4.91 Å². The SMILES string of the molecule is [N-]=[N+]=N[C@H](CCc1ccccc1)[C@@H](O)[C@@H]1CO1. The molecule has 1 heterocycles. The van der Waals surface area contributed by atoms with Crippen LogP contribution in [-0.4, -0.2) is 30.0 Å². The van der Waals surface area contributed by atoms with E-state index in [9.17, 15) is 5.11 Å². The summed E-state index contributed by atoms with van der Waals surface area (Å²) in [5, 5.41) is 13.5. The molecule has 1 saturated heterocycles. The van der Waals surface area contributed by atoms with Crippen molar-refractivity contribution in [1.82, 2.24) is 0 Å². The molecule has 2 rings (SSSR count). The summed E-state index contributed by atoms with van der Waals surface area (Å²) in [6.45, 7) is 0.559. The van der Waals surface area contributed by atoms with Gasteiger partial charge in [-0.3, -0.25) is 0 Å². The molecule has 0 bridgehead atoms. The number of nitrogens with zero attached hydrogens (tertiary/aromatic N) is 3. The molecule has 0 unspecified atom stereocenters. The quantitative estimate of drug-likeness (QED) is 0.353. The molecular weight excluding hydrogens is 218 g/mol. The Bertz CT molecular complexity index is 399. The van der Waals surface area contributed by atoms with Crippen molar-refractivity contribution >= 4 is 0 Å². The average Bonchev–Trinajstić information content (AvgIpc) is 3.19. The second-order valence-electron chi connectivity index (χ2n) is 4.16. The molecule has 90 valence electrons. The maximum Gasteiger partial charge on any atom is 0.107 e. The predicted octanol–water partition coefficient (Wildman–Crippen LogP) is 2.06. The number of benzene rings is 1. The molecule has 1 aliphatic heterocycles. The van der Waals surface area contributed by atoms with Crippen molar-refractivity contribution in [3.63, 3.8) is 0 Å². The van der Waals surface area contributed by atoms with E-state index in [1.54, 1.807) is 0 Å². The van der Waals surface area contributed by atoms with E-state index in [4.69, 9.17) is 10.3 Å². The summed E-state index contributed by atoms with van der Waals surface area (Å²) >= 11 is 0. The molecule has 3 atom stereocenters. The Hall–Kier alpha value is -1.55. The highest BCUT2D eigenvalue weighted by atomic mass is 16.6. The first kappa shape index (κ1) is 11.9. The number of aliphatic hydroxyl groups is 1. The lowest BCUT2D eigenvalue weighted by molar-refractivity contribution is 0.106. The lowest BCUT2D eigenvalue weighted by atomic mass is 10.0. The van der Waals surface area contributed by atoms with Gasteiger partial charge in [0.25, 0.3) is 0 Å². The number of hydrogen-bond donors (Lipinski definition) is 1. The lowest BCUT2D eigenvalue weighted by Crippen LogP contribution is -2.29. The van der Waals surface area contributed by atoms with Crippen molar-refractivity contribution < 1.29 is 9.84 Å². The summed E-state index contributed by atoms with van der Waals surface area (Å²) in [5.74, 6) is 0. The van der Waals surface area contributed by atoms with E-state index in [0.717, 1.165) is 6.42 Å². The number of aliphatic hydroxyl groups excluding tert-OH is 1. The minimum Gasteiger partial charge on any atom is -0.390 e. The molecule has 1 aliphatic rings. The Labute approximate surface area is 99.7 Å². The fourth-order valence-electron chi connectivity index (χ4n) is 1.82. The van der Waals surface area contributed by atoms with Crippen LogP contribution in [0.2, 0.25) is 0 Å². The smallest absolute Gasteiger partial charge is 0.107 e. The van der Waals surface area contributed by atoms with Crippen LogP contribution in [-0.2, 0) is 11.2 Å². The first-order valence-electron chi connectivity index (χ1n) is 5.69. The highest BCUT2D eigenvalue weighted by Gasteiger charge is 2.36. The highest BCUT2D eigenvalue weighted by Crippen LogP contribution is 2.21. The monoisotopic (exact) mass is 233 g/mol. The van der Waals surface area contributed by atoms with Gasteiger partial charge >= 0.3 is 0 Å². The van der Waals surface area contributed by atoms with E-state index in [1.807, 2.05) is 30.3 Å². The number of ether oxygens (including phenoxy) is 1. The third-order valence-corrected chi connectivity index (χ3v) is 2.91. The van der Waals surface area contributed by atoms with Crippen LogP contribution in [0.1, 0.15) is 12.0 Å². The molecular formula is C12H15N3O2. The molecule has 0 aliphatic carbocycles. The molecule has 5 nitrogen and oxygen atoms in total. The molecule has 5 heteroatoms. The molecule has 0 radical (unpaired) electrons. The zero-order chi connectivity index (χ0) is 12.1. The van der Waals surface area contributed by atoms with E-state index in [1.165, 1.54) is 5.56 Å². The van der Waals surface area contributed by atoms with E-state index in [-0.39, 0.29) is 6.10 Å². The van der Waals surface area contributed by atoms with E-state index in [2.05, 4.69) is 10.0 Å². The predicted molar refractivity (Wildman–Crippen MR) is 63.4 cm³/mol. The van der Waals surface area contributed by atoms with Gasteiger partial charge < -0.3 is 9.84 Å². The Morgan fingerprint density at radius 3 is 2.76 bits per heavy atom. The minimum absolute atomic E-state index is 0.152. The van der Waals surface area contributed by atoms with Crippen LogP contribution in [0.4, 0.5) is 0 Å². The Morgan fingerprint density at radius 2 is 2.18 bits per heavy atom. The Balaban J connectivity index is 1.91. The van der Waals surface area contributed by atoms with E-state index >= 15 is 0 Å². The van der Waals surface area contributed by atoms with Crippen LogP contribution in [0, 0.1) is 0 Å². The molecule has 0 aromatic heterocycles. The molecule has 1 fully saturated rings. The molecule has 17 heavy (non-hydrogen) atoms. The van der Waals surface area contributed by atoms with Gasteiger partial charge in [0.2, 0.25) is 0 Å². The lowest BCUT2D eigenvalue weighted by Gasteiger charge is -2.16. The summed E-state index contributed by atoms with van der Waals surface area (Å²) < 4.78 is 5.02. The van der Waals surface area contributed by atoms with Gasteiger partial charge in [-0.25, -0.2) is 0 Å². The standard InChI is InChI=1S/C12H15N3O2/c13-15-14-10(12(16)11-8-17-11)7-6-9-4-2-1-3-5-9/h1-5,10-12,16H,6-8H2/t10-,11+,12-/m1/s1. The van der Waals surface area contributed by atoms with Gasteiger partial charge in [0.1, 0.15) is 6.10 Å². The van der Waals surface area contributed by atoms with Gasteiger partial charge in [-0.05, 0) is 23.9 Å². The summed E-state index contributed by atoms with van der Waals surface area (Å²) in [6.07, 6.45) is 0.583. The largest absolute Gasteiger partial charge is 0.390 e. The second kappa shape index (κ2) is 5.68. The molecule has 1 N–H and O–H groups in total. The van der Waals surface area contributed by atoms with Gasteiger partial charge in [-0.1, -0.05) is 35.4 Å². The molecule has 0 spiro atoms. The highest BCUT2D eigenvalue weighted by molar-refractivity contribution is 5.15. The van der Waals surface area contributed by atoms with Crippen molar-refractivity contribution in [3.8, 4) is 0 Å². The summed E-state index contributed by atoms with van der Waals surface area (Å²) in [5.41, 5.74) is 9.67. The molecule has 0 saturated carbocycles. The minimum atomic E-state index is -0.686. The molecule has 1 aromatic carbocycles. The van der Waals surface area contributed by atoms with Crippen LogP contribution in [0.15, 0.2) is 35.4 Å². The van der Waals surface area contributed by atoms with Crippen LogP contribution < -0.4 is 0 Å². The van der Waals surface area contributed by atoms with Gasteiger partial charge in [-0.15, -0.1) is 0 Å². The maximum atomic E-state index is 9.87. The Kier molecular flexibility index (Phi) is 3.98. The fourth-order valence-corrected chi connectivity index (χ4v) is 1.82. The first-order chi connectivity index (χ1) is 8.31. The zero-order valence-electron chi connectivity index (χ0n) is 9.44. The molecule has 1 aromatic rings. The first-order valence-corrected chi connectivity index (χ1v) is 5.69. The normalized spacial score (nSPS) is 21.4. The van der Waals surface area contributed by atoms with Crippen molar-refractivity contribution in [1.29, 1.82) is 0 Å². The van der Waals surface area contributed by atoms with Gasteiger partial charge in [-0.2, -0.15) is 0 Å². The van der Waals surface area contributed by atoms with Crippen molar-refractivity contribution in [2.24, 2.45) is 5.11 Å². The van der Waals surface area contributed by atoms with Gasteiger partial charge in [0.15, 0.2) is 0 Å². The number of hydrogen-bond acceptors (Lipinski definition) is 3. The van der Waals surface area contributed by atoms with Gasteiger partial charge in [0.05, 0.1) is 18.8 Å². The summed E-state index contributed by atoms with van der Waals surface area (Å²) in [6, 6.07) is 9.53. The third-order valence-electron chi connectivity index (χ3n) is 2.91. The van der Waals surface area contributed by atoms with Crippen molar-refractivity contribution in [3.05, 3.63) is 46.3 Å². The summed E-state index contributed by atoms with van der Waals surface area (Å²) in [7, 11) is 0. The van der Waals surface area contributed by atoms with Crippen LogP contribution >= 0.6 is 0 Å². The fraction of sp³-hybridized carbons (Fsp3) is 0.500. The summed E-state index contributed by atoms with van der Waals surface area (Å²) in [4.78, 5) is 2.79. The van der Waals surface area contributed by atoms with Crippen LogP contribution in [0.3, 0.4) is 0 Å². The number of azide groups is 1. The van der Waals surface area contributed by atoms with E-state index in [0.29, 0.717) is 13.0 Å². The Morgan fingerprint density at radius 1 is 1.47 bits per heavy atom. The maximum absolute atomic E-state index is 9.87. The zero-order valence-corrected chi connectivity index (χ0v) is 9.44. The van der Waals surface area contributed by atoms with Crippen molar-refractivity contribution in [2.75, 3.05) is 6.61 Å². The van der Waals surface area contributed by atoms with Crippen molar-refractivity contribution in [2.45, 2.75) is 31.1 Å². The van der Waals surface area contributed by atoms with E-state index < -0.39 is 12.1 Å². The third kappa shape index (κ3) is 3.46. The van der Waals surface area contributed by atoms with Crippen LogP contribution in [0.5, 0.6) is 0 Å². The number of epoxide rings is 1. The number of aryl methyl sites for hydroxylation is 1. The second-order valence-corrected chi connectivity index (χ2v) is 4.16. The molecule has 0 amide bonds. The topological polar surface area (TPSA) is 81.5 Å². The average molecular weight is 233 g/mol. The van der Waals surface area contributed by atoms with Crippen LogP contribution in [0.25, 0.3) is 10.4 Å².